The number of hydrogen-bond acceptors (Lipinski definition) is 4. The summed E-state index contributed by atoms with van der Waals surface area (Å²) < 4.78 is 0. The van der Waals surface area contributed by atoms with Gasteiger partial charge in [0.2, 0.25) is 23.6 Å². The summed E-state index contributed by atoms with van der Waals surface area (Å²) in [6.45, 7) is 19.4. The molecule has 15 heteroatoms. The lowest BCUT2D eigenvalue weighted by Crippen LogP contribution is -2.18. The zero-order chi connectivity index (χ0) is 36.8. The minimum atomic E-state index is -1.63. The Morgan fingerprint density at radius 2 is 0.918 bits per heavy atom. The summed E-state index contributed by atoms with van der Waals surface area (Å²) in [4.78, 5) is 46.8. The molecule has 6 N–H and O–H groups in total. The van der Waals surface area contributed by atoms with Crippen LogP contribution in [0.25, 0.3) is 0 Å². The van der Waals surface area contributed by atoms with Gasteiger partial charge in [-0.1, -0.05) is 63.6 Å². The lowest BCUT2D eigenvalue weighted by Gasteiger charge is -2.13. The number of carbonyl (C=O) groups is 4. The van der Waals surface area contributed by atoms with Gasteiger partial charge < -0.3 is 26.7 Å². The second kappa shape index (κ2) is 26.1. The molecule has 0 aliphatic rings. The third-order valence-electron chi connectivity index (χ3n) is 5.87. The van der Waals surface area contributed by atoms with Crippen LogP contribution in [-0.4, -0.2) is 52.0 Å². The molecule has 0 heterocycles. The van der Waals surface area contributed by atoms with E-state index in [9.17, 15) is 19.2 Å². The fourth-order valence-corrected chi connectivity index (χ4v) is 6.66. The quantitative estimate of drug-likeness (QED) is 0.0763. The van der Waals surface area contributed by atoms with E-state index in [0.29, 0.717) is 35.6 Å². The maximum absolute atomic E-state index is 12.0. The Hall–Kier alpha value is -2.72. The molecule has 0 aliphatic carbocycles. The lowest BCUT2D eigenvalue weighted by molar-refractivity contribution is -0.117. The highest BCUT2D eigenvalue weighted by Gasteiger charge is 2.18. The second-order valence-electron chi connectivity index (χ2n) is 12.5. The highest BCUT2D eigenvalue weighted by molar-refractivity contribution is 7.19. The van der Waals surface area contributed by atoms with Gasteiger partial charge in [-0.3, -0.25) is 19.2 Å². The summed E-state index contributed by atoms with van der Waals surface area (Å²) in [5, 5.41) is 11.2. The van der Waals surface area contributed by atoms with Crippen molar-refractivity contribution in [3.05, 3.63) is 73.8 Å². The van der Waals surface area contributed by atoms with Crippen LogP contribution < -0.4 is 21.3 Å². The zero-order valence-electron chi connectivity index (χ0n) is 29.7. The van der Waals surface area contributed by atoms with Crippen molar-refractivity contribution in [2.75, 3.05) is 21.3 Å². The average Bonchev–Trinajstić information content (AvgIpc) is 2.92. The summed E-state index contributed by atoms with van der Waals surface area (Å²) >= 11 is 18.0. The van der Waals surface area contributed by atoms with Crippen molar-refractivity contribution in [3.8, 4) is 0 Å². The topological polar surface area (TPSA) is 148 Å². The van der Waals surface area contributed by atoms with Gasteiger partial charge in [-0.2, -0.15) is 33.2 Å². The van der Waals surface area contributed by atoms with Crippen LogP contribution in [0.1, 0.15) is 38.5 Å². The first-order chi connectivity index (χ1) is 22.3. The van der Waals surface area contributed by atoms with E-state index in [1.54, 1.807) is 30.3 Å². The summed E-state index contributed by atoms with van der Waals surface area (Å²) in [5.74, 6) is -0.338. The summed E-state index contributed by atoms with van der Waals surface area (Å²) in [5.41, 5.74) is 2.64. The van der Waals surface area contributed by atoms with Crippen molar-refractivity contribution in [1.82, 2.24) is 0 Å². The SMILES string of the molecule is C=CCC(=O)Nc1cccc(NC(=O)CC=C)c1.C[SiH](C)Cl.C[Si](C)(Cl)CCCC(=O)Nc1cccc(NC(=O)CCC[Si](C)(C)Cl)c1.O. The first-order valence-electron chi connectivity index (χ1n) is 16.0. The van der Waals surface area contributed by atoms with E-state index in [1.165, 1.54) is 12.2 Å². The van der Waals surface area contributed by atoms with Gasteiger partial charge in [0.15, 0.2) is 14.8 Å². The van der Waals surface area contributed by atoms with Crippen molar-refractivity contribution in [3.63, 3.8) is 0 Å². The normalized spacial score (nSPS) is 10.5. The molecule has 2 rings (SSSR count). The van der Waals surface area contributed by atoms with Gasteiger partial charge in [-0.25, -0.2) is 0 Å². The third-order valence-corrected chi connectivity index (χ3v) is 10.1. The van der Waals surface area contributed by atoms with E-state index in [4.69, 9.17) is 33.2 Å². The fourth-order valence-electron chi connectivity index (χ4n) is 3.82. The van der Waals surface area contributed by atoms with E-state index >= 15 is 0 Å². The van der Waals surface area contributed by atoms with Crippen LogP contribution in [0, 0.1) is 0 Å². The van der Waals surface area contributed by atoms with Gasteiger partial charge in [-0.15, -0.1) is 13.2 Å². The molecule has 0 aromatic heterocycles. The number of carbonyl (C=O) groups excluding carboxylic acids is 4. The van der Waals surface area contributed by atoms with Crippen molar-refractivity contribution in [2.24, 2.45) is 0 Å². The molecule has 0 atom stereocenters. The average molecular weight is 790 g/mol. The molecule has 0 spiro atoms. The summed E-state index contributed by atoms with van der Waals surface area (Å²) in [6, 6.07) is 16.0. The molecule has 2 aromatic rings. The maximum atomic E-state index is 12.0. The van der Waals surface area contributed by atoms with E-state index < -0.39 is 22.9 Å². The number of halogens is 3. The van der Waals surface area contributed by atoms with Gasteiger partial charge in [0.05, 0.1) is 0 Å². The van der Waals surface area contributed by atoms with Crippen LogP contribution in [-0.2, 0) is 19.2 Å². The van der Waals surface area contributed by atoms with Crippen molar-refractivity contribution >= 4 is 102 Å². The number of benzene rings is 2. The Balaban J connectivity index is 0. The van der Waals surface area contributed by atoms with E-state index in [-0.39, 0.29) is 41.9 Å². The Morgan fingerprint density at radius 1 is 0.653 bits per heavy atom. The molecular formula is C34H55Cl3N4O5Si3. The highest BCUT2D eigenvalue weighted by Crippen LogP contribution is 2.21. The van der Waals surface area contributed by atoms with Gasteiger partial charge in [0.25, 0.3) is 0 Å². The third kappa shape index (κ3) is 29.9. The summed E-state index contributed by atoms with van der Waals surface area (Å²) in [6.07, 6.45) is 6.09. The number of hydrogen-bond donors (Lipinski definition) is 4. The molecule has 0 unspecified atom stereocenters. The molecule has 0 aliphatic heterocycles. The Labute approximate surface area is 310 Å². The minimum absolute atomic E-state index is 0. The van der Waals surface area contributed by atoms with Gasteiger partial charge in [-0.05, 0) is 61.3 Å². The maximum Gasteiger partial charge on any atom is 0.228 e. The minimum Gasteiger partial charge on any atom is -0.412 e. The highest BCUT2D eigenvalue weighted by atomic mass is 35.6. The van der Waals surface area contributed by atoms with Crippen LogP contribution in [0.3, 0.4) is 0 Å². The van der Waals surface area contributed by atoms with Crippen molar-refractivity contribution in [2.45, 2.75) is 89.9 Å². The lowest BCUT2D eigenvalue weighted by atomic mass is 10.2. The molecule has 49 heavy (non-hydrogen) atoms. The zero-order valence-corrected chi connectivity index (χ0v) is 35.1. The molecule has 0 radical (unpaired) electrons. The second-order valence-corrected chi connectivity index (χ2v) is 31.2. The number of amides is 4. The van der Waals surface area contributed by atoms with Crippen molar-refractivity contribution < 1.29 is 24.7 Å². The van der Waals surface area contributed by atoms with Crippen LogP contribution in [0.15, 0.2) is 73.8 Å². The Bertz CT molecular complexity index is 1250. The van der Waals surface area contributed by atoms with Gasteiger partial charge >= 0.3 is 0 Å². The molecule has 4 amide bonds. The van der Waals surface area contributed by atoms with E-state index in [2.05, 4.69) is 73.7 Å². The van der Waals surface area contributed by atoms with Gasteiger partial charge in [0.1, 0.15) is 8.11 Å². The molecule has 0 saturated carbocycles. The molecule has 9 nitrogen and oxygen atoms in total. The van der Waals surface area contributed by atoms with Crippen LogP contribution in [0.4, 0.5) is 22.7 Å². The van der Waals surface area contributed by atoms with Crippen LogP contribution in [0.2, 0.25) is 51.4 Å². The molecule has 274 valence electrons. The summed E-state index contributed by atoms with van der Waals surface area (Å²) in [7, 11) is -3.92. The predicted octanol–water partition coefficient (Wildman–Crippen LogP) is 9.11. The molecule has 2 aromatic carbocycles. The predicted molar refractivity (Wildman–Crippen MR) is 220 cm³/mol. The Morgan fingerprint density at radius 3 is 1.16 bits per heavy atom. The van der Waals surface area contributed by atoms with Crippen molar-refractivity contribution in [1.29, 1.82) is 0 Å². The molecule has 0 bridgehead atoms. The first kappa shape index (κ1) is 48.4. The van der Waals surface area contributed by atoms with Crippen LogP contribution in [0.5, 0.6) is 0 Å². The fraction of sp³-hybridized carbons (Fsp3) is 0.412. The molecule has 0 saturated heterocycles. The van der Waals surface area contributed by atoms with Gasteiger partial charge in [0, 0.05) is 48.4 Å². The smallest absolute Gasteiger partial charge is 0.228 e. The van der Waals surface area contributed by atoms with E-state index in [1.807, 2.05) is 18.2 Å². The first-order valence-corrected chi connectivity index (χ1v) is 28.5. The number of rotatable bonds is 16. The van der Waals surface area contributed by atoms with Crippen LogP contribution >= 0.6 is 33.2 Å². The largest absolute Gasteiger partial charge is 0.412 e. The standard InChI is InChI=1S/C18H30Cl2N2O2Si2.C14H16N2O2.C2H7ClSi.H2O/c1-25(2,19)12-6-10-17(23)21-15-8-5-9-16(14-15)22-18(24)11-7-13-26(3,4)20;1-3-6-13(17)15-11-8-5-9-12(10-11)16-14(18)7-4-2;1-4(2)3;/h5,8-9,14H,6-7,10-13H2,1-4H3,(H,21,23)(H,22,24);3-5,8-10H,1-2,6-7H2,(H,15,17)(H,16,18);4H,1-2H3;1H2. The van der Waals surface area contributed by atoms with E-state index in [0.717, 1.165) is 24.9 Å². The monoisotopic (exact) mass is 788 g/mol. The number of nitrogens with one attached hydrogen (secondary N) is 4. The Kier molecular flexibility index (Phi) is 25.8. The molecule has 0 fully saturated rings. The number of anilines is 4. The molecular weight excluding hydrogens is 735 g/mol.